The van der Waals surface area contributed by atoms with E-state index in [9.17, 15) is 8.78 Å². The molecule has 1 nitrogen and oxygen atoms in total. The molecule has 1 aliphatic heterocycles. The molecule has 0 amide bonds. The Kier molecular flexibility index (Phi) is 5.57. The van der Waals surface area contributed by atoms with Crippen molar-refractivity contribution in [2.75, 3.05) is 11.5 Å². The average Bonchev–Trinajstić information content (AvgIpc) is 2.43. The molecule has 2 rings (SSSR count). The van der Waals surface area contributed by atoms with Crippen LogP contribution in [-0.2, 0) is 0 Å². The van der Waals surface area contributed by atoms with Crippen LogP contribution >= 0.6 is 39.5 Å². The molecule has 0 radical (unpaired) electrons. The van der Waals surface area contributed by atoms with Crippen LogP contribution in [0, 0.1) is 11.6 Å². The number of rotatable bonds is 3. The topological polar surface area (TPSA) is 26.0 Å². The summed E-state index contributed by atoms with van der Waals surface area (Å²) >= 11 is 6.68. The Morgan fingerprint density at radius 1 is 1.37 bits per heavy atom. The first-order valence-electron chi connectivity index (χ1n) is 6.18. The number of thioether (sulfide) groups is 2. The van der Waals surface area contributed by atoms with E-state index in [-0.39, 0.29) is 15.3 Å². The molecular formula is C13H16BrF2NS2. The summed E-state index contributed by atoms with van der Waals surface area (Å²) in [5, 5.41) is 0.411. The van der Waals surface area contributed by atoms with Gasteiger partial charge in [-0.1, -0.05) is 6.92 Å². The number of halogens is 3. The van der Waals surface area contributed by atoms with Gasteiger partial charge in [-0.2, -0.15) is 23.5 Å². The van der Waals surface area contributed by atoms with Crippen LogP contribution in [-0.4, -0.2) is 22.0 Å². The SMILES string of the molecule is CCC1SCCSC1C(N)c1c(F)ccc(Br)c1F. The predicted molar refractivity (Wildman–Crippen MR) is 83.8 cm³/mol. The van der Waals surface area contributed by atoms with Crippen molar-refractivity contribution >= 4 is 39.5 Å². The van der Waals surface area contributed by atoms with Crippen LogP contribution < -0.4 is 5.73 Å². The maximum Gasteiger partial charge on any atom is 0.145 e. The van der Waals surface area contributed by atoms with Gasteiger partial charge in [-0.15, -0.1) is 0 Å². The molecule has 2 N–H and O–H groups in total. The number of benzene rings is 1. The molecule has 0 saturated carbocycles. The second kappa shape index (κ2) is 6.78. The average molecular weight is 368 g/mol. The molecular weight excluding hydrogens is 352 g/mol. The Balaban J connectivity index is 2.32. The van der Waals surface area contributed by atoms with E-state index in [4.69, 9.17) is 5.73 Å². The molecule has 106 valence electrons. The summed E-state index contributed by atoms with van der Waals surface area (Å²) in [6.45, 7) is 2.09. The largest absolute Gasteiger partial charge is 0.323 e. The lowest BCUT2D eigenvalue weighted by atomic mass is 10.00. The molecule has 1 saturated heterocycles. The molecule has 3 atom stereocenters. The van der Waals surface area contributed by atoms with Gasteiger partial charge in [0.1, 0.15) is 11.6 Å². The van der Waals surface area contributed by atoms with E-state index in [0.717, 1.165) is 17.9 Å². The van der Waals surface area contributed by atoms with Gasteiger partial charge >= 0.3 is 0 Å². The fourth-order valence-corrected chi connectivity index (χ4v) is 5.79. The van der Waals surface area contributed by atoms with Gasteiger partial charge < -0.3 is 5.73 Å². The van der Waals surface area contributed by atoms with Crippen molar-refractivity contribution in [3.8, 4) is 0 Å². The summed E-state index contributed by atoms with van der Waals surface area (Å²) in [6.07, 6.45) is 0.966. The highest BCUT2D eigenvalue weighted by Gasteiger charge is 2.34. The first-order valence-corrected chi connectivity index (χ1v) is 9.07. The van der Waals surface area contributed by atoms with E-state index < -0.39 is 17.7 Å². The normalized spacial score (nSPS) is 25.3. The third-order valence-corrected chi connectivity index (χ3v) is 7.25. The van der Waals surface area contributed by atoms with Gasteiger partial charge in [0.05, 0.1) is 4.47 Å². The molecule has 1 heterocycles. The zero-order valence-electron chi connectivity index (χ0n) is 10.5. The molecule has 1 aromatic carbocycles. The summed E-state index contributed by atoms with van der Waals surface area (Å²) < 4.78 is 28.3. The highest BCUT2D eigenvalue weighted by atomic mass is 79.9. The molecule has 0 aliphatic carbocycles. The van der Waals surface area contributed by atoms with Crippen LogP contribution in [0.2, 0.25) is 0 Å². The van der Waals surface area contributed by atoms with E-state index in [0.29, 0.717) is 5.25 Å². The lowest BCUT2D eigenvalue weighted by Crippen LogP contribution is -2.36. The van der Waals surface area contributed by atoms with E-state index in [1.807, 2.05) is 11.8 Å². The van der Waals surface area contributed by atoms with Crippen molar-refractivity contribution in [1.29, 1.82) is 0 Å². The standard InChI is InChI=1S/C13H16BrF2NS2/c1-2-9-13(19-6-5-18-9)12(17)10-8(15)4-3-7(14)11(10)16/h3-4,9,12-13H,2,5-6,17H2,1H3. The maximum absolute atomic E-state index is 14.1. The lowest BCUT2D eigenvalue weighted by Gasteiger charge is -2.34. The third-order valence-electron chi connectivity index (χ3n) is 3.26. The highest BCUT2D eigenvalue weighted by Crippen LogP contribution is 2.41. The molecule has 1 aromatic rings. The molecule has 0 bridgehead atoms. The lowest BCUT2D eigenvalue weighted by molar-refractivity contribution is 0.508. The van der Waals surface area contributed by atoms with Crippen molar-refractivity contribution in [2.45, 2.75) is 29.9 Å². The summed E-state index contributed by atoms with van der Waals surface area (Å²) in [5.41, 5.74) is 6.18. The van der Waals surface area contributed by atoms with E-state index >= 15 is 0 Å². The van der Waals surface area contributed by atoms with Crippen molar-refractivity contribution in [1.82, 2.24) is 0 Å². The van der Waals surface area contributed by atoms with Gasteiger partial charge in [-0.25, -0.2) is 8.78 Å². The summed E-state index contributed by atoms with van der Waals surface area (Å²) in [4.78, 5) is 0. The van der Waals surface area contributed by atoms with Gasteiger partial charge in [0.15, 0.2) is 0 Å². The summed E-state index contributed by atoms with van der Waals surface area (Å²) in [6, 6.07) is 2.03. The van der Waals surface area contributed by atoms with Crippen molar-refractivity contribution in [3.63, 3.8) is 0 Å². The Morgan fingerprint density at radius 3 is 2.74 bits per heavy atom. The highest BCUT2D eigenvalue weighted by molar-refractivity contribution is 9.10. The molecule has 3 unspecified atom stereocenters. The predicted octanol–water partition coefficient (Wildman–Crippen LogP) is 4.35. The monoisotopic (exact) mass is 367 g/mol. The fraction of sp³-hybridized carbons (Fsp3) is 0.538. The molecule has 1 fully saturated rings. The quantitative estimate of drug-likeness (QED) is 0.804. The van der Waals surface area contributed by atoms with E-state index in [1.165, 1.54) is 12.1 Å². The van der Waals surface area contributed by atoms with Crippen LogP contribution in [0.15, 0.2) is 16.6 Å². The van der Waals surface area contributed by atoms with Crippen molar-refractivity contribution in [2.24, 2.45) is 5.73 Å². The minimum absolute atomic E-state index is 0.00725. The van der Waals surface area contributed by atoms with Gasteiger partial charge in [0.2, 0.25) is 0 Å². The Bertz CT molecular complexity index is 459. The van der Waals surface area contributed by atoms with Crippen LogP contribution in [0.1, 0.15) is 24.9 Å². The Labute approximate surface area is 129 Å². The molecule has 6 heteroatoms. The summed E-state index contributed by atoms with van der Waals surface area (Å²) in [7, 11) is 0. The van der Waals surface area contributed by atoms with Crippen LogP contribution in [0.4, 0.5) is 8.78 Å². The number of hydrogen-bond donors (Lipinski definition) is 1. The number of nitrogens with two attached hydrogens (primary N) is 1. The maximum atomic E-state index is 14.1. The van der Waals surface area contributed by atoms with Crippen LogP contribution in [0.25, 0.3) is 0 Å². The zero-order valence-corrected chi connectivity index (χ0v) is 13.8. The molecule has 0 spiro atoms. The van der Waals surface area contributed by atoms with E-state index in [1.54, 1.807) is 11.8 Å². The minimum atomic E-state index is -0.611. The fourth-order valence-electron chi connectivity index (χ4n) is 2.28. The molecule has 0 aromatic heterocycles. The second-order valence-corrected chi connectivity index (χ2v) is 7.92. The molecule has 19 heavy (non-hydrogen) atoms. The Hall–Kier alpha value is 0.220. The smallest absolute Gasteiger partial charge is 0.145 e. The second-order valence-electron chi connectivity index (χ2n) is 4.44. The number of hydrogen-bond acceptors (Lipinski definition) is 3. The van der Waals surface area contributed by atoms with Crippen LogP contribution in [0.3, 0.4) is 0 Å². The van der Waals surface area contributed by atoms with Crippen molar-refractivity contribution in [3.05, 3.63) is 33.8 Å². The Morgan fingerprint density at radius 2 is 2.05 bits per heavy atom. The van der Waals surface area contributed by atoms with E-state index in [2.05, 4.69) is 22.9 Å². The van der Waals surface area contributed by atoms with Crippen LogP contribution in [0.5, 0.6) is 0 Å². The van der Waals surface area contributed by atoms with Gasteiger partial charge in [0.25, 0.3) is 0 Å². The zero-order chi connectivity index (χ0) is 14.0. The first-order chi connectivity index (χ1) is 9.06. The first kappa shape index (κ1) is 15.6. The molecule has 1 aliphatic rings. The summed E-state index contributed by atoms with van der Waals surface area (Å²) in [5.74, 6) is 0.935. The van der Waals surface area contributed by atoms with Gasteiger partial charge in [-0.3, -0.25) is 0 Å². The third kappa shape index (κ3) is 3.28. The van der Waals surface area contributed by atoms with Gasteiger partial charge in [0, 0.05) is 33.6 Å². The van der Waals surface area contributed by atoms with Gasteiger partial charge in [-0.05, 0) is 34.5 Å². The minimum Gasteiger partial charge on any atom is -0.323 e. The van der Waals surface area contributed by atoms with Crippen molar-refractivity contribution < 1.29 is 8.78 Å².